The summed E-state index contributed by atoms with van der Waals surface area (Å²) in [6.07, 6.45) is 1.45. The fourth-order valence-electron chi connectivity index (χ4n) is 1.63. The topological polar surface area (TPSA) is 112 Å². The first-order valence-corrected chi connectivity index (χ1v) is 5.65. The average molecular weight is 274 g/mol. The highest BCUT2D eigenvalue weighted by Gasteiger charge is 2.14. The van der Waals surface area contributed by atoms with Crippen LogP contribution in [0.4, 0.5) is 0 Å². The SMILES string of the molecule is N/C(=N/O)c1ccnc(Oc2ccc3c(c2)OCO3)n1. The maximum Gasteiger partial charge on any atom is 0.322 e. The normalized spacial score (nSPS) is 13.3. The fourth-order valence-corrected chi connectivity index (χ4v) is 1.63. The van der Waals surface area contributed by atoms with E-state index in [-0.39, 0.29) is 24.3 Å². The van der Waals surface area contributed by atoms with Crippen LogP contribution in [-0.2, 0) is 0 Å². The Morgan fingerprint density at radius 3 is 3.00 bits per heavy atom. The molecule has 8 nitrogen and oxygen atoms in total. The van der Waals surface area contributed by atoms with Crippen molar-refractivity contribution in [1.82, 2.24) is 9.97 Å². The molecule has 102 valence electrons. The van der Waals surface area contributed by atoms with Crippen LogP contribution in [-0.4, -0.2) is 27.8 Å². The minimum Gasteiger partial charge on any atom is -0.454 e. The van der Waals surface area contributed by atoms with Gasteiger partial charge < -0.3 is 25.2 Å². The minimum absolute atomic E-state index is 0.0768. The van der Waals surface area contributed by atoms with Crippen molar-refractivity contribution in [2.75, 3.05) is 6.79 Å². The van der Waals surface area contributed by atoms with Crippen LogP contribution in [0.15, 0.2) is 35.6 Å². The summed E-state index contributed by atoms with van der Waals surface area (Å²) < 4.78 is 15.9. The van der Waals surface area contributed by atoms with Gasteiger partial charge in [0.1, 0.15) is 11.4 Å². The first-order chi connectivity index (χ1) is 9.76. The Hall–Kier alpha value is -3.03. The summed E-state index contributed by atoms with van der Waals surface area (Å²) in [7, 11) is 0. The second kappa shape index (κ2) is 4.92. The molecule has 2 heterocycles. The van der Waals surface area contributed by atoms with Gasteiger partial charge >= 0.3 is 6.01 Å². The second-order valence-corrected chi connectivity index (χ2v) is 3.83. The molecule has 0 atom stereocenters. The van der Waals surface area contributed by atoms with Gasteiger partial charge in [0.25, 0.3) is 0 Å². The number of rotatable bonds is 3. The summed E-state index contributed by atoms with van der Waals surface area (Å²) >= 11 is 0. The molecule has 0 fully saturated rings. The minimum atomic E-state index is -0.122. The molecule has 1 aliphatic rings. The molecule has 1 aliphatic heterocycles. The van der Waals surface area contributed by atoms with E-state index in [1.165, 1.54) is 12.3 Å². The van der Waals surface area contributed by atoms with E-state index < -0.39 is 0 Å². The number of fused-ring (bicyclic) bond motifs is 1. The van der Waals surface area contributed by atoms with E-state index in [2.05, 4.69) is 15.1 Å². The summed E-state index contributed by atoms with van der Waals surface area (Å²) in [5.74, 6) is 1.62. The van der Waals surface area contributed by atoms with Gasteiger partial charge in [-0.25, -0.2) is 4.98 Å². The maximum absolute atomic E-state index is 8.61. The zero-order valence-corrected chi connectivity index (χ0v) is 10.2. The number of ether oxygens (including phenoxy) is 3. The van der Waals surface area contributed by atoms with Crippen LogP contribution in [0.3, 0.4) is 0 Å². The number of benzene rings is 1. The largest absolute Gasteiger partial charge is 0.454 e. The standard InChI is InChI=1S/C12H10N4O4/c13-11(16-17)8-3-4-14-12(15-8)20-7-1-2-9-10(5-7)19-6-18-9/h1-5,17H,6H2,(H2,13,16). The Morgan fingerprint density at radius 2 is 2.15 bits per heavy atom. The summed E-state index contributed by atoms with van der Waals surface area (Å²) in [6, 6.07) is 6.68. The van der Waals surface area contributed by atoms with Crippen LogP contribution in [0.5, 0.6) is 23.3 Å². The Labute approximate surface area is 113 Å². The van der Waals surface area contributed by atoms with Crippen molar-refractivity contribution >= 4 is 5.84 Å². The lowest BCUT2D eigenvalue weighted by Crippen LogP contribution is -2.15. The molecule has 8 heteroatoms. The fraction of sp³-hybridized carbons (Fsp3) is 0.0833. The predicted molar refractivity (Wildman–Crippen MR) is 67.2 cm³/mol. The number of amidine groups is 1. The highest BCUT2D eigenvalue weighted by atomic mass is 16.7. The van der Waals surface area contributed by atoms with E-state index >= 15 is 0 Å². The third-order valence-electron chi connectivity index (χ3n) is 2.56. The molecular weight excluding hydrogens is 264 g/mol. The molecule has 0 saturated carbocycles. The zero-order valence-electron chi connectivity index (χ0n) is 10.2. The maximum atomic E-state index is 8.61. The van der Waals surface area contributed by atoms with Gasteiger partial charge in [0.15, 0.2) is 17.3 Å². The van der Waals surface area contributed by atoms with Crippen LogP contribution in [0.25, 0.3) is 0 Å². The van der Waals surface area contributed by atoms with Gasteiger partial charge in [0.05, 0.1) is 0 Å². The van der Waals surface area contributed by atoms with Gasteiger partial charge in [-0.05, 0) is 18.2 Å². The molecule has 0 amide bonds. The van der Waals surface area contributed by atoms with Crippen LogP contribution < -0.4 is 19.9 Å². The lowest BCUT2D eigenvalue weighted by atomic mass is 10.3. The summed E-state index contributed by atoms with van der Waals surface area (Å²) in [6.45, 7) is 0.189. The highest BCUT2D eigenvalue weighted by Crippen LogP contribution is 2.35. The number of hydrogen-bond donors (Lipinski definition) is 2. The number of nitrogens with zero attached hydrogens (tertiary/aromatic N) is 3. The van der Waals surface area contributed by atoms with Gasteiger partial charge in [0, 0.05) is 12.3 Å². The Kier molecular flexibility index (Phi) is 2.96. The van der Waals surface area contributed by atoms with Crippen LogP contribution in [0.1, 0.15) is 5.69 Å². The molecular formula is C12H10N4O4. The number of hydrogen-bond acceptors (Lipinski definition) is 7. The van der Waals surface area contributed by atoms with Crippen molar-refractivity contribution in [1.29, 1.82) is 0 Å². The molecule has 2 aromatic rings. The van der Waals surface area contributed by atoms with Crippen molar-refractivity contribution in [2.45, 2.75) is 0 Å². The van der Waals surface area contributed by atoms with Crippen molar-refractivity contribution in [3.63, 3.8) is 0 Å². The van der Waals surface area contributed by atoms with Gasteiger partial charge in [-0.2, -0.15) is 4.98 Å². The quantitative estimate of drug-likeness (QED) is 0.373. The summed E-state index contributed by atoms with van der Waals surface area (Å²) in [5.41, 5.74) is 5.71. The van der Waals surface area contributed by atoms with Crippen molar-refractivity contribution in [2.24, 2.45) is 10.9 Å². The molecule has 0 saturated heterocycles. The molecule has 3 rings (SSSR count). The van der Waals surface area contributed by atoms with E-state index in [1.54, 1.807) is 18.2 Å². The average Bonchev–Trinajstić information content (AvgIpc) is 2.94. The molecule has 0 unspecified atom stereocenters. The zero-order chi connectivity index (χ0) is 13.9. The molecule has 0 aliphatic carbocycles. The lowest BCUT2D eigenvalue weighted by Gasteiger charge is -2.05. The van der Waals surface area contributed by atoms with Crippen molar-refractivity contribution < 1.29 is 19.4 Å². The van der Waals surface area contributed by atoms with Crippen LogP contribution in [0.2, 0.25) is 0 Å². The molecule has 1 aromatic heterocycles. The number of oxime groups is 1. The monoisotopic (exact) mass is 274 g/mol. The van der Waals surface area contributed by atoms with E-state index in [4.69, 9.17) is 25.2 Å². The van der Waals surface area contributed by atoms with Gasteiger partial charge in [-0.15, -0.1) is 0 Å². The van der Waals surface area contributed by atoms with Crippen molar-refractivity contribution in [3.8, 4) is 23.3 Å². The Morgan fingerprint density at radius 1 is 1.30 bits per heavy atom. The van der Waals surface area contributed by atoms with E-state index in [0.29, 0.717) is 17.2 Å². The Balaban J connectivity index is 1.84. The third kappa shape index (κ3) is 2.26. The number of nitrogens with two attached hydrogens (primary N) is 1. The van der Waals surface area contributed by atoms with Gasteiger partial charge in [-0.1, -0.05) is 5.16 Å². The van der Waals surface area contributed by atoms with Crippen LogP contribution in [0, 0.1) is 0 Å². The molecule has 0 spiro atoms. The van der Waals surface area contributed by atoms with E-state index in [9.17, 15) is 0 Å². The van der Waals surface area contributed by atoms with E-state index in [1.807, 2.05) is 0 Å². The first-order valence-electron chi connectivity index (χ1n) is 5.65. The van der Waals surface area contributed by atoms with Gasteiger partial charge in [0.2, 0.25) is 6.79 Å². The predicted octanol–water partition coefficient (Wildman–Crippen LogP) is 1.09. The van der Waals surface area contributed by atoms with E-state index in [0.717, 1.165) is 0 Å². The van der Waals surface area contributed by atoms with Crippen molar-refractivity contribution in [3.05, 3.63) is 36.2 Å². The third-order valence-corrected chi connectivity index (χ3v) is 2.56. The lowest BCUT2D eigenvalue weighted by molar-refractivity contribution is 0.174. The number of aromatic nitrogens is 2. The summed E-state index contributed by atoms with van der Waals surface area (Å²) in [5, 5.41) is 11.5. The summed E-state index contributed by atoms with van der Waals surface area (Å²) in [4.78, 5) is 7.96. The van der Waals surface area contributed by atoms with Crippen LogP contribution >= 0.6 is 0 Å². The molecule has 20 heavy (non-hydrogen) atoms. The molecule has 0 bridgehead atoms. The van der Waals surface area contributed by atoms with Gasteiger partial charge in [-0.3, -0.25) is 0 Å². The Bertz CT molecular complexity index is 674. The first kappa shape index (κ1) is 12.0. The molecule has 1 aromatic carbocycles. The second-order valence-electron chi connectivity index (χ2n) is 3.83. The molecule has 3 N–H and O–H groups in total. The highest BCUT2D eigenvalue weighted by molar-refractivity contribution is 5.95. The molecule has 0 radical (unpaired) electrons. The smallest absolute Gasteiger partial charge is 0.322 e.